The summed E-state index contributed by atoms with van der Waals surface area (Å²) in [7, 11) is 0. The van der Waals surface area contributed by atoms with Gasteiger partial charge in [0, 0.05) is 0 Å². The summed E-state index contributed by atoms with van der Waals surface area (Å²) < 4.78 is 0. The van der Waals surface area contributed by atoms with Crippen LogP contribution < -0.4 is 4.90 Å². The van der Waals surface area contributed by atoms with Crippen molar-refractivity contribution < 1.29 is 9.59 Å². The molecule has 1 saturated heterocycles. The summed E-state index contributed by atoms with van der Waals surface area (Å²) in [6, 6.07) is 5.89. The van der Waals surface area contributed by atoms with Gasteiger partial charge in [0.05, 0.1) is 17.5 Å². The van der Waals surface area contributed by atoms with Gasteiger partial charge in [0.2, 0.25) is 11.8 Å². The van der Waals surface area contributed by atoms with Gasteiger partial charge in [-0.1, -0.05) is 29.8 Å². The number of benzene rings is 1. The lowest BCUT2D eigenvalue weighted by Crippen LogP contribution is -2.33. The minimum Gasteiger partial charge on any atom is -0.274 e. The topological polar surface area (TPSA) is 37.4 Å². The maximum atomic E-state index is 12.7. The highest BCUT2D eigenvalue weighted by Crippen LogP contribution is 2.53. The summed E-state index contributed by atoms with van der Waals surface area (Å²) in [5.74, 6) is 0.332. The molecule has 0 N–H and O–H groups in total. The standard InChI is InChI=1S/C17H17NO2/c1-9-3-6-13(10(2)7-9)18-16(19)14-11-4-5-12(8-11)15(14)17(18)20/h3-7,11-12,14-15H,8H2,1-2H3/t11-,12-,14+,15+/m1/s1. The van der Waals surface area contributed by atoms with Gasteiger partial charge in [0.15, 0.2) is 0 Å². The van der Waals surface area contributed by atoms with Gasteiger partial charge in [-0.3, -0.25) is 9.59 Å². The van der Waals surface area contributed by atoms with Crippen LogP contribution in [0.2, 0.25) is 0 Å². The Labute approximate surface area is 118 Å². The van der Waals surface area contributed by atoms with Gasteiger partial charge in [0.25, 0.3) is 0 Å². The molecule has 102 valence electrons. The summed E-state index contributed by atoms with van der Waals surface area (Å²) in [6.07, 6.45) is 5.23. The number of rotatable bonds is 1. The van der Waals surface area contributed by atoms with Crippen LogP contribution in [0.15, 0.2) is 30.4 Å². The maximum Gasteiger partial charge on any atom is 0.238 e. The van der Waals surface area contributed by atoms with Crippen molar-refractivity contribution in [2.75, 3.05) is 4.90 Å². The van der Waals surface area contributed by atoms with Gasteiger partial charge in [0.1, 0.15) is 0 Å². The number of fused-ring (bicyclic) bond motifs is 5. The van der Waals surface area contributed by atoms with Crippen molar-refractivity contribution in [3.05, 3.63) is 41.5 Å². The Morgan fingerprint density at radius 2 is 1.60 bits per heavy atom. The number of allylic oxidation sites excluding steroid dienone is 2. The minimum absolute atomic E-state index is 0.00352. The zero-order valence-corrected chi connectivity index (χ0v) is 11.7. The molecule has 3 heteroatoms. The second kappa shape index (κ2) is 3.81. The van der Waals surface area contributed by atoms with E-state index in [1.165, 1.54) is 4.90 Å². The van der Waals surface area contributed by atoms with Crippen LogP contribution in [0, 0.1) is 37.5 Å². The molecule has 2 bridgehead atoms. The lowest BCUT2D eigenvalue weighted by Gasteiger charge is -2.19. The van der Waals surface area contributed by atoms with Gasteiger partial charge in [-0.25, -0.2) is 4.90 Å². The molecule has 20 heavy (non-hydrogen) atoms. The van der Waals surface area contributed by atoms with E-state index in [9.17, 15) is 9.59 Å². The Bertz CT molecular complexity index is 631. The van der Waals surface area contributed by atoms with Crippen molar-refractivity contribution in [1.29, 1.82) is 0 Å². The molecule has 2 fully saturated rings. The minimum atomic E-state index is -0.113. The van der Waals surface area contributed by atoms with Crippen LogP contribution >= 0.6 is 0 Å². The lowest BCUT2D eigenvalue weighted by atomic mass is 9.85. The summed E-state index contributed by atoms with van der Waals surface area (Å²) in [5, 5.41) is 0. The number of amides is 2. The first kappa shape index (κ1) is 11.9. The first-order chi connectivity index (χ1) is 9.58. The smallest absolute Gasteiger partial charge is 0.238 e. The molecule has 0 radical (unpaired) electrons. The predicted molar refractivity (Wildman–Crippen MR) is 76.1 cm³/mol. The largest absolute Gasteiger partial charge is 0.274 e. The third-order valence-electron chi connectivity index (χ3n) is 5.06. The quantitative estimate of drug-likeness (QED) is 0.579. The van der Waals surface area contributed by atoms with Crippen molar-refractivity contribution in [3.63, 3.8) is 0 Å². The first-order valence-corrected chi connectivity index (χ1v) is 7.21. The van der Waals surface area contributed by atoms with Gasteiger partial charge < -0.3 is 0 Å². The molecule has 1 heterocycles. The van der Waals surface area contributed by atoms with Gasteiger partial charge in [-0.05, 0) is 43.7 Å². The second-order valence-corrected chi connectivity index (χ2v) is 6.30. The molecule has 0 unspecified atom stereocenters. The Morgan fingerprint density at radius 3 is 2.15 bits per heavy atom. The molecule has 3 aliphatic rings. The first-order valence-electron chi connectivity index (χ1n) is 7.21. The van der Waals surface area contributed by atoms with Crippen molar-refractivity contribution in [1.82, 2.24) is 0 Å². The Balaban J connectivity index is 1.78. The van der Waals surface area contributed by atoms with Crippen LogP contribution in [0.3, 0.4) is 0 Å². The molecular weight excluding hydrogens is 250 g/mol. The number of carbonyl (C=O) groups is 2. The van der Waals surface area contributed by atoms with Gasteiger partial charge in [-0.2, -0.15) is 0 Å². The third kappa shape index (κ3) is 1.35. The number of hydrogen-bond donors (Lipinski definition) is 0. The Kier molecular flexibility index (Phi) is 2.27. The van der Waals surface area contributed by atoms with E-state index < -0.39 is 0 Å². The maximum absolute atomic E-state index is 12.7. The summed E-state index contributed by atoms with van der Waals surface area (Å²) in [6.45, 7) is 3.98. The molecule has 2 amide bonds. The average Bonchev–Trinajstić information content (AvgIpc) is 3.06. The SMILES string of the molecule is Cc1ccc(N2C(=O)[C@@H]3[C@@H](C2=O)[C@@H]2C=C[C@@H]3C2)c(C)c1. The second-order valence-electron chi connectivity index (χ2n) is 6.30. The highest BCUT2D eigenvalue weighted by molar-refractivity contribution is 6.23. The zero-order chi connectivity index (χ0) is 14.0. The Hall–Kier alpha value is -1.90. The van der Waals surface area contributed by atoms with Crippen LogP contribution in [-0.4, -0.2) is 11.8 Å². The molecule has 4 atom stereocenters. The highest BCUT2D eigenvalue weighted by Gasteiger charge is 2.59. The van der Waals surface area contributed by atoms with Crippen LogP contribution in [0.25, 0.3) is 0 Å². The van der Waals surface area contributed by atoms with Crippen molar-refractivity contribution in [2.45, 2.75) is 20.3 Å². The molecule has 1 aromatic rings. The van der Waals surface area contributed by atoms with Crippen LogP contribution in [0.1, 0.15) is 17.5 Å². The van der Waals surface area contributed by atoms with E-state index in [1.807, 2.05) is 32.0 Å². The van der Waals surface area contributed by atoms with Crippen LogP contribution in [0.4, 0.5) is 5.69 Å². The van der Waals surface area contributed by atoms with E-state index in [0.717, 1.165) is 23.2 Å². The van der Waals surface area contributed by atoms with E-state index in [1.54, 1.807) is 0 Å². The molecule has 3 nitrogen and oxygen atoms in total. The summed E-state index contributed by atoms with van der Waals surface area (Å²) in [5.41, 5.74) is 2.90. The number of aryl methyl sites for hydroxylation is 2. The molecule has 0 spiro atoms. The molecule has 4 rings (SSSR count). The van der Waals surface area contributed by atoms with Crippen molar-refractivity contribution in [3.8, 4) is 0 Å². The number of carbonyl (C=O) groups excluding carboxylic acids is 2. The average molecular weight is 267 g/mol. The summed E-state index contributed by atoms with van der Waals surface area (Å²) in [4.78, 5) is 26.8. The normalized spacial score (nSPS) is 34.2. The molecule has 1 aromatic carbocycles. The highest BCUT2D eigenvalue weighted by atomic mass is 16.2. The van der Waals surface area contributed by atoms with E-state index >= 15 is 0 Å². The molecule has 1 saturated carbocycles. The van der Waals surface area contributed by atoms with Crippen LogP contribution in [0.5, 0.6) is 0 Å². The third-order valence-corrected chi connectivity index (χ3v) is 5.06. The summed E-state index contributed by atoms with van der Waals surface area (Å²) >= 11 is 0. The Morgan fingerprint density at radius 1 is 1.00 bits per heavy atom. The van der Waals surface area contributed by atoms with Gasteiger partial charge >= 0.3 is 0 Å². The number of nitrogens with zero attached hydrogens (tertiary/aromatic N) is 1. The fraction of sp³-hybridized carbons (Fsp3) is 0.412. The number of hydrogen-bond acceptors (Lipinski definition) is 2. The van der Waals surface area contributed by atoms with E-state index in [-0.39, 0.29) is 35.5 Å². The molecule has 0 aromatic heterocycles. The lowest BCUT2D eigenvalue weighted by molar-refractivity contribution is -0.123. The molecule has 2 aliphatic carbocycles. The fourth-order valence-electron chi connectivity index (χ4n) is 4.20. The monoisotopic (exact) mass is 267 g/mol. The van der Waals surface area contributed by atoms with E-state index in [4.69, 9.17) is 0 Å². The van der Waals surface area contributed by atoms with Crippen molar-refractivity contribution in [2.24, 2.45) is 23.7 Å². The zero-order valence-electron chi connectivity index (χ0n) is 11.7. The number of imide groups is 1. The van der Waals surface area contributed by atoms with E-state index in [0.29, 0.717) is 0 Å². The van der Waals surface area contributed by atoms with E-state index in [2.05, 4.69) is 12.2 Å². The van der Waals surface area contributed by atoms with Gasteiger partial charge in [-0.15, -0.1) is 0 Å². The molecular formula is C17H17NO2. The molecule has 1 aliphatic heterocycles. The predicted octanol–water partition coefficient (Wildman–Crippen LogP) is 2.61. The van der Waals surface area contributed by atoms with Crippen molar-refractivity contribution >= 4 is 17.5 Å². The van der Waals surface area contributed by atoms with Crippen LogP contribution in [-0.2, 0) is 9.59 Å². The number of anilines is 1. The fourth-order valence-corrected chi connectivity index (χ4v) is 4.20.